The van der Waals surface area contributed by atoms with Gasteiger partial charge in [0.25, 0.3) is 0 Å². The van der Waals surface area contributed by atoms with E-state index < -0.39 is 5.97 Å². The third kappa shape index (κ3) is 3.84. The first-order chi connectivity index (χ1) is 11.2. The Labute approximate surface area is 134 Å². The molecule has 1 aromatic heterocycles. The third-order valence-corrected chi connectivity index (χ3v) is 3.50. The molecule has 0 radical (unpaired) electrons. The molecule has 0 aliphatic heterocycles. The lowest BCUT2D eigenvalue weighted by Crippen LogP contribution is -2.13. The summed E-state index contributed by atoms with van der Waals surface area (Å²) in [5.41, 5.74) is 3.33. The first kappa shape index (κ1) is 15.0. The summed E-state index contributed by atoms with van der Waals surface area (Å²) in [6.07, 6.45) is 1.94. The van der Waals surface area contributed by atoms with Crippen LogP contribution in [0.15, 0.2) is 66.9 Å². The Morgan fingerprint density at radius 1 is 1.00 bits per heavy atom. The molecule has 2 N–H and O–H groups in total. The molecule has 0 saturated carbocycles. The summed E-state index contributed by atoms with van der Waals surface area (Å²) >= 11 is 0. The number of nitrogens with zero attached hydrogens (tertiary/aromatic N) is 2. The molecule has 23 heavy (non-hydrogen) atoms. The molecule has 0 amide bonds. The van der Waals surface area contributed by atoms with Crippen molar-refractivity contribution in [2.24, 2.45) is 0 Å². The number of hydrogen-bond donors (Lipinski definition) is 2. The molecule has 0 unspecified atom stereocenters. The quantitative estimate of drug-likeness (QED) is 0.735. The number of hydrogen-bond acceptors (Lipinski definition) is 3. The largest absolute Gasteiger partial charge is 0.478 e. The van der Waals surface area contributed by atoms with Gasteiger partial charge < -0.3 is 10.4 Å². The topological polar surface area (TPSA) is 67.2 Å². The Hall–Kier alpha value is -2.92. The van der Waals surface area contributed by atoms with E-state index in [1.165, 1.54) is 0 Å². The monoisotopic (exact) mass is 307 g/mol. The van der Waals surface area contributed by atoms with Crippen LogP contribution in [0.2, 0.25) is 0 Å². The number of para-hydroxylation sites is 1. The van der Waals surface area contributed by atoms with Crippen LogP contribution in [0.25, 0.3) is 5.69 Å². The van der Waals surface area contributed by atoms with Gasteiger partial charge in [0.05, 0.1) is 16.9 Å². The van der Waals surface area contributed by atoms with Crippen molar-refractivity contribution in [3.05, 3.63) is 83.7 Å². The fraction of sp³-hybridized carbons (Fsp3) is 0.111. The first-order valence-electron chi connectivity index (χ1n) is 7.35. The van der Waals surface area contributed by atoms with Crippen molar-refractivity contribution >= 4 is 5.97 Å². The Balaban J connectivity index is 1.55. The SMILES string of the molecule is O=C(O)c1ccc(CNCc2ccn(-c3ccccc3)n2)cc1. The molecule has 0 atom stereocenters. The summed E-state index contributed by atoms with van der Waals surface area (Å²) in [7, 11) is 0. The first-order valence-corrected chi connectivity index (χ1v) is 7.35. The zero-order valence-electron chi connectivity index (χ0n) is 12.5. The van der Waals surface area contributed by atoms with Gasteiger partial charge in [-0.2, -0.15) is 5.10 Å². The van der Waals surface area contributed by atoms with E-state index in [0.29, 0.717) is 18.7 Å². The Bertz CT molecular complexity index is 780. The minimum atomic E-state index is -0.907. The molecule has 3 rings (SSSR count). The molecule has 0 fully saturated rings. The van der Waals surface area contributed by atoms with Crippen LogP contribution in [0.3, 0.4) is 0 Å². The highest BCUT2D eigenvalue weighted by Gasteiger charge is 2.03. The van der Waals surface area contributed by atoms with Gasteiger partial charge in [0.15, 0.2) is 0 Å². The normalized spacial score (nSPS) is 10.6. The Morgan fingerprint density at radius 2 is 1.74 bits per heavy atom. The van der Waals surface area contributed by atoms with Gasteiger partial charge in [0.1, 0.15) is 0 Å². The summed E-state index contributed by atoms with van der Waals surface area (Å²) in [4.78, 5) is 10.8. The summed E-state index contributed by atoms with van der Waals surface area (Å²) in [6.45, 7) is 1.32. The van der Waals surface area contributed by atoms with E-state index in [2.05, 4.69) is 10.4 Å². The van der Waals surface area contributed by atoms with Crippen LogP contribution in [0.5, 0.6) is 0 Å². The number of aromatic nitrogens is 2. The van der Waals surface area contributed by atoms with Gasteiger partial charge >= 0.3 is 5.97 Å². The van der Waals surface area contributed by atoms with E-state index in [-0.39, 0.29) is 0 Å². The summed E-state index contributed by atoms with van der Waals surface area (Å²) in [5, 5.41) is 16.7. The second-order valence-electron chi connectivity index (χ2n) is 5.19. The van der Waals surface area contributed by atoms with Crippen LogP contribution in [0, 0.1) is 0 Å². The van der Waals surface area contributed by atoms with Crippen LogP contribution in [-0.4, -0.2) is 20.9 Å². The van der Waals surface area contributed by atoms with Gasteiger partial charge in [-0.15, -0.1) is 0 Å². The van der Waals surface area contributed by atoms with Crippen molar-refractivity contribution in [1.82, 2.24) is 15.1 Å². The zero-order valence-corrected chi connectivity index (χ0v) is 12.5. The van der Waals surface area contributed by atoms with Gasteiger partial charge in [-0.05, 0) is 35.9 Å². The number of benzene rings is 2. The maximum absolute atomic E-state index is 10.8. The average Bonchev–Trinajstić information content (AvgIpc) is 3.05. The third-order valence-electron chi connectivity index (χ3n) is 3.50. The van der Waals surface area contributed by atoms with Crippen molar-refractivity contribution in [2.75, 3.05) is 0 Å². The molecule has 0 bridgehead atoms. The fourth-order valence-electron chi connectivity index (χ4n) is 2.28. The molecule has 116 valence electrons. The van der Waals surface area contributed by atoms with Crippen LogP contribution in [0.1, 0.15) is 21.6 Å². The maximum Gasteiger partial charge on any atom is 0.335 e. The van der Waals surface area contributed by atoms with Crippen LogP contribution in [0.4, 0.5) is 0 Å². The van der Waals surface area contributed by atoms with Crippen molar-refractivity contribution in [3.63, 3.8) is 0 Å². The number of rotatable bonds is 6. The fourth-order valence-corrected chi connectivity index (χ4v) is 2.28. The van der Waals surface area contributed by atoms with Crippen LogP contribution in [-0.2, 0) is 13.1 Å². The molecular weight excluding hydrogens is 290 g/mol. The number of nitrogens with one attached hydrogen (secondary N) is 1. The van der Waals surface area contributed by atoms with E-state index >= 15 is 0 Å². The minimum absolute atomic E-state index is 0.301. The van der Waals surface area contributed by atoms with Crippen molar-refractivity contribution in [3.8, 4) is 5.69 Å². The van der Waals surface area contributed by atoms with Gasteiger partial charge in [-0.1, -0.05) is 30.3 Å². The van der Waals surface area contributed by atoms with E-state index in [0.717, 1.165) is 16.9 Å². The van der Waals surface area contributed by atoms with E-state index in [9.17, 15) is 4.79 Å². The molecule has 1 heterocycles. The van der Waals surface area contributed by atoms with Crippen molar-refractivity contribution in [2.45, 2.75) is 13.1 Å². The highest BCUT2D eigenvalue weighted by atomic mass is 16.4. The predicted octanol–water partition coefficient (Wildman–Crippen LogP) is 2.86. The molecule has 3 aromatic rings. The second kappa shape index (κ2) is 6.89. The molecule has 0 aliphatic rings. The standard InChI is InChI=1S/C18H17N3O2/c22-18(23)15-8-6-14(7-9-15)12-19-13-16-10-11-21(20-16)17-4-2-1-3-5-17/h1-11,19H,12-13H2,(H,22,23). The number of carbonyl (C=O) groups is 1. The van der Waals surface area contributed by atoms with E-state index in [1.807, 2.05) is 59.4 Å². The van der Waals surface area contributed by atoms with Crippen molar-refractivity contribution < 1.29 is 9.90 Å². The highest BCUT2D eigenvalue weighted by molar-refractivity contribution is 5.87. The molecule has 0 saturated heterocycles. The van der Waals surface area contributed by atoms with E-state index in [1.54, 1.807) is 12.1 Å². The molecule has 5 nitrogen and oxygen atoms in total. The zero-order chi connectivity index (χ0) is 16.1. The highest BCUT2D eigenvalue weighted by Crippen LogP contribution is 2.07. The molecule has 0 aliphatic carbocycles. The average molecular weight is 307 g/mol. The molecule has 2 aromatic carbocycles. The number of carboxylic acid groups (broad SMARTS) is 1. The van der Waals surface area contributed by atoms with Crippen LogP contribution >= 0.6 is 0 Å². The molecule has 0 spiro atoms. The lowest BCUT2D eigenvalue weighted by Gasteiger charge is -2.04. The smallest absolute Gasteiger partial charge is 0.335 e. The van der Waals surface area contributed by atoms with Gasteiger partial charge in [-0.3, -0.25) is 0 Å². The number of aromatic carboxylic acids is 1. The summed E-state index contributed by atoms with van der Waals surface area (Å²) in [5.74, 6) is -0.907. The maximum atomic E-state index is 10.8. The summed E-state index contributed by atoms with van der Waals surface area (Å²) in [6, 6.07) is 18.8. The van der Waals surface area contributed by atoms with Crippen molar-refractivity contribution in [1.29, 1.82) is 0 Å². The lowest BCUT2D eigenvalue weighted by molar-refractivity contribution is 0.0697. The Kier molecular flexibility index (Phi) is 4.49. The van der Waals surface area contributed by atoms with Gasteiger partial charge in [0.2, 0.25) is 0 Å². The Morgan fingerprint density at radius 3 is 2.43 bits per heavy atom. The van der Waals surface area contributed by atoms with E-state index in [4.69, 9.17) is 5.11 Å². The predicted molar refractivity (Wildman–Crippen MR) is 87.5 cm³/mol. The summed E-state index contributed by atoms with van der Waals surface area (Å²) < 4.78 is 1.85. The minimum Gasteiger partial charge on any atom is -0.478 e. The lowest BCUT2D eigenvalue weighted by atomic mass is 10.1. The second-order valence-corrected chi connectivity index (χ2v) is 5.19. The van der Waals surface area contributed by atoms with Gasteiger partial charge in [0, 0.05) is 19.3 Å². The van der Waals surface area contributed by atoms with Gasteiger partial charge in [-0.25, -0.2) is 9.48 Å². The van der Waals surface area contributed by atoms with Crippen LogP contribution < -0.4 is 5.32 Å². The number of carboxylic acids is 1. The molecular formula is C18H17N3O2. The molecule has 5 heteroatoms.